The zero-order chi connectivity index (χ0) is 15.9. The Morgan fingerprint density at radius 2 is 2.14 bits per heavy atom. The van der Waals surface area contributed by atoms with Crippen LogP contribution in [0.3, 0.4) is 0 Å². The summed E-state index contributed by atoms with van der Waals surface area (Å²) >= 11 is 1.62. The minimum absolute atomic E-state index is 0.241. The van der Waals surface area contributed by atoms with Crippen LogP contribution in [0.15, 0.2) is 34.8 Å². The van der Waals surface area contributed by atoms with Crippen molar-refractivity contribution >= 4 is 23.0 Å². The second-order valence-electron chi connectivity index (χ2n) is 4.69. The van der Waals surface area contributed by atoms with Gasteiger partial charge in [0.25, 0.3) is 0 Å². The van der Waals surface area contributed by atoms with E-state index in [-0.39, 0.29) is 5.92 Å². The summed E-state index contributed by atoms with van der Waals surface area (Å²) in [6.45, 7) is 2.66. The third-order valence-electron chi connectivity index (χ3n) is 3.06. The van der Waals surface area contributed by atoms with Gasteiger partial charge in [0, 0.05) is 29.2 Å². The van der Waals surface area contributed by atoms with Gasteiger partial charge in [-0.3, -0.25) is 4.99 Å². The van der Waals surface area contributed by atoms with Crippen molar-refractivity contribution in [3.63, 3.8) is 0 Å². The van der Waals surface area contributed by atoms with E-state index < -0.39 is 0 Å². The van der Waals surface area contributed by atoms with Crippen molar-refractivity contribution in [2.45, 2.75) is 12.8 Å². The van der Waals surface area contributed by atoms with E-state index in [0.717, 1.165) is 10.7 Å². The number of nitrogens with one attached hydrogen (secondary N) is 1. The molecule has 7 heteroatoms. The molecule has 1 atom stereocenters. The van der Waals surface area contributed by atoms with Crippen molar-refractivity contribution in [2.75, 3.05) is 26.1 Å². The molecule has 0 aliphatic carbocycles. The first-order valence-corrected chi connectivity index (χ1v) is 7.70. The molecule has 1 unspecified atom stereocenters. The molecule has 118 valence electrons. The first kappa shape index (κ1) is 16.1. The van der Waals surface area contributed by atoms with E-state index >= 15 is 0 Å². The number of guanidine groups is 1. The van der Waals surface area contributed by atoms with Gasteiger partial charge in [-0.05, 0) is 12.1 Å². The molecule has 2 rings (SSSR count). The summed E-state index contributed by atoms with van der Waals surface area (Å²) < 4.78 is 10.4. The second-order valence-corrected chi connectivity index (χ2v) is 5.62. The molecule has 0 saturated carbocycles. The Kier molecular flexibility index (Phi) is 5.60. The molecule has 2 aromatic rings. The molecule has 3 N–H and O–H groups in total. The van der Waals surface area contributed by atoms with E-state index in [4.69, 9.17) is 15.2 Å². The van der Waals surface area contributed by atoms with E-state index in [1.54, 1.807) is 31.8 Å². The molecule has 0 bridgehead atoms. The molecule has 0 aliphatic rings. The Balaban J connectivity index is 1.99. The van der Waals surface area contributed by atoms with Crippen LogP contribution in [0.1, 0.15) is 17.8 Å². The summed E-state index contributed by atoms with van der Waals surface area (Å²) in [6, 6.07) is 5.48. The van der Waals surface area contributed by atoms with Crippen molar-refractivity contribution < 1.29 is 9.47 Å². The van der Waals surface area contributed by atoms with Crippen LogP contribution in [0.5, 0.6) is 11.5 Å². The summed E-state index contributed by atoms with van der Waals surface area (Å²) in [4.78, 5) is 8.63. The van der Waals surface area contributed by atoms with Gasteiger partial charge in [-0.2, -0.15) is 0 Å². The minimum atomic E-state index is 0.241. The Morgan fingerprint density at radius 1 is 1.36 bits per heavy atom. The van der Waals surface area contributed by atoms with Crippen molar-refractivity contribution in [3.05, 3.63) is 34.8 Å². The van der Waals surface area contributed by atoms with Gasteiger partial charge in [-0.25, -0.2) is 4.98 Å². The Labute approximate surface area is 134 Å². The van der Waals surface area contributed by atoms with Gasteiger partial charge in [-0.1, -0.05) is 6.92 Å². The highest BCUT2D eigenvalue weighted by atomic mass is 32.1. The van der Waals surface area contributed by atoms with Gasteiger partial charge >= 0.3 is 0 Å². The molecule has 0 spiro atoms. The first-order chi connectivity index (χ1) is 10.6. The number of hydrogen-bond acceptors (Lipinski definition) is 5. The molecule has 1 heterocycles. The number of rotatable bonds is 6. The third-order valence-corrected chi connectivity index (χ3v) is 4.07. The average Bonchev–Trinajstić information content (AvgIpc) is 3.07. The second kappa shape index (κ2) is 7.65. The Hall–Kier alpha value is -2.28. The highest BCUT2D eigenvalue weighted by Crippen LogP contribution is 2.29. The lowest BCUT2D eigenvalue weighted by atomic mass is 10.2. The van der Waals surface area contributed by atoms with Gasteiger partial charge in [0.15, 0.2) is 17.5 Å². The largest absolute Gasteiger partial charge is 0.493 e. The average molecular weight is 320 g/mol. The minimum Gasteiger partial charge on any atom is -0.493 e. The van der Waals surface area contributed by atoms with Crippen LogP contribution in [0, 0.1) is 0 Å². The van der Waals surface area contributed by atoms with Crippen molar-refractivity contribution in [3.8, 4) is 11.5 Å². The van der Waals surface area contributed by atoms with E-state index in [1.165, 1.54) is 0 Å². The van der Waals surface area contributed by atoms with Crippen LogP contribution in [-0.4, -0.2) is 31.7 Å². The van der Waals surface area contributed by atoms with Crippen LogP contribution in [0.4, 0.5) is 5.69 Å². The molecule has 1 aromatic heterocycles. The summed E-state index contributed by atoms with van der Waals surface area (Å²) in [5.74, 6) is 1.90. The molecular weight excluding hydrogens is 300 g/mol. The number of methoxy groups -OCH3 is 2. The van der Waals surface area contributed by atoms with Crippen molar-refractivity contribution in [1.82, 2.24) is 4.98 Å². The van der Waals surface area contributed by atoms with Crippen LogP contribution in [-0.2, 0) is 0 Å². The predicted molar refractivity (Wildman–Crippen MR) is 90.2 cm³/mol. The van der Waals surface area contributed by atoms with Gasteiger partial charge in [-0.15, -0.1) is 11.3 Å². The number of nitrogens with zero attached hydrogens (tertiary/aromatic N) is 2. The van der Waals surface area contributed by atoms with Crippen LogP contribution < -0.4 is 20.5 Å². The molecule has 0 amide bonds. The predicted octanol–water partition coefficient (Wildman–Crippen LogP) is 2.69. The first-order valence-electron chi connectivity index (χ1n) is 6.82. The lowest BCUT2D eigenvalue weighted by molar-refractivity contribution is 0.355. The highest BCUT2D eigenvalue weighted by Gasteiger charge is 2.08. The third kappa shape index (κ3) is 4.11. The molecule has 22 heavy (non-hydrogen) atoms. The van der Waals surface area contributed by atoms with Gasteiger partial charge in [0.2, 0.25) is 0 Å². The summed E-state index contributed by atoms with van der Waals surface area (Å²) in [6.07, 6.45) is 1.80. The molecule has 6 nitrogen and oxygen atoms in total. The molecule has 1 aromatic carbocycles. The quantitative estimate of drug-likeness (QED) is 0.632. The molecule has 0 fully saturated rings. The molecular formula is C15H20N4O2S. The monoisotopic (exact) mass is 320 g/mol. The highest BCUT2D eigenvalue weighted by molar-refractivity contribution is 7.09. The topological polar surface area (TPSA) is 81.8 Å². The lowest BCUT2D eigenvalue weighted by Gasteiger charge is -2.11. The standard InChI is InChI=1S/C15H20N4O2S/c1-10(14-17-6-7-22-14)9-18-15(16)19-11-4-5-12(20-2)13(8-11)21-3/h4-8,10H,9H2,1-3H3,(H3,16,18,19). The van der Waals surface area contributed by atoms with Crippen LogP contribution in [0.2, 0.25) is 0 Å². The van der Waals surface area contributed by atoms with Gasteiger partial charge < -0.3 is 20.5 Å². The summed E-state index contributed by atoms with van der Waals surface area (Å²) in [7, 11) is 3.19. The smallest absolute Gasteiger partial charge is 0.193 e. The number of aromatic nitrogens is 1. The van der Waals surface area contributed by atoms with Crippen LogP contribution >= 0.6 is 11.3 Å². The molecule has 0 aliphatic heterocycles. The zero-order valence-corrected chi connectivity index (χ0v) is 13.7. The maximum absolute atomic E-state index is 5.92. The summed E-state index contributed by atoms with van der Waals surface area (Å²) in [5, 5.41) is 6.06. The normalized spacial score (nSPS) is 12.8. The number of nitrogens with two attached hydrogens (primary N) is 1. The van der Waals surface area contributed by atoms with Crippen molar-refractivity contribution in [2.24, 2.45) is 10.7 Å². The van der Waals surface area contributed by atoms with E-state index in [1.807, 2.05) is 23.6 Å². The number of benzene rings is 1. The van der Waals surface area contributed by atoms with E-state index in [9.17, 15) is 0 Å². The fourth-order valence-corrected chi connectivity index (χ4v) is 2.58. The number of ether oxygens (including phenoxy) is 2. The lowest BCUT2D eigenvalue weighted by Crippen LogP contribution is -2.23. The number of aliphatic imine (C=N–C) groups is 1. The number of hydrogen-bond donors (Lipinski definition) is 2. The fraction of sp³-hybridized carbons (Fsp3) is 0.333. The summed E-state index contributed by atoms with van der Waals surface area (Å²) in [5.41, 5.74) is 6.71. The molecule has 0 radical (unpaired) electrons. The van der Waals surface area contributed by atoms with E-state index in [0.29, 0.717) is 24.0 Å². The van der Waals surface area contributed by atoms with E-state index in [2.05, 4.69) is 22.2 Å². The fourth-order valence-electron chi connectivity index (χ4n) is 1.89. The van der Waals surface area contributed by atoms with Crippen LogP contribution in [0.25, 0.3) is 0 Å². The number of thiazole rings is 1. The number of anilines is 1. The zero-order valence-electron chi connectivity index (χ0n) is 12.9. The van der Waals surface area contributed by atoms with Crippen molar-refractivity contribution in [1.29, 1.82) is 0 Å². The maximum atomic E-state index is 5.92. The SMILES string of the molecule is COc1ccc(NC(N)=NCC(C)c2nccs2)cc1OC. The Bertz CT molecular complexity index is 628. The van der Waals surface area contributed by atoms with Gasteiger partial charge in [0.1, 0.15) is 0 Å². The molecule has 0 saturated heterocycles. The maximum Gasteiger partial charge on any atom is 0.193 e. The Morgan fingerprint density at radius 3 is 2.77 bits per heavy atom. The van der Waals surface area contributed by atoms with Gasteiger partial charge in [0.05, 0.1) is 25.8 Å².